The lowest BCUT2D eigenvalue weighted by Gasteiger charge is -2.52. The Balaban J connectivity index is 1.84. The van der Waals surface area contributed by atoms with Gasteiger partial charge in [0.1, 0.15) is 0 Å². The minimum Gasteiger partial charge on any atom is -0.389 e. The van der Waals surface area contributed by atoms with E-state index in [4.69, 9.17) is 10.5 Å². The maximum atomic E-state index is 11.2. The summed E-state index contributed by atoms with van der Waals surface area (Å²) in [4.78, 5) is 0. The monoisotopic (exact) mass is 240 g/mol. The van der Waals surface area contributed by atoms with E-state index in [1.807, 2.05) is 0 Å². The summed E-state index contributed by atoms with van der Waals surface area (Å²) < 4.78 is 5.45. The highest BCUT2D eigenvalue weighted by Crippen LogP contribution is 2.49. The number of fused-ring (bicyclic) bond motifs is 2. The van der Waals surface area contributed by atoms with Crippen LogP contribution in [0, 0.1) is 5.41 Å². The Morgan fingerprint density at radius 1 is 1.18 bits per heavy atom. The predicted octanol–water partition coefficient (Wildman–Crippen LogP) is 0.387. The Kier molecular flexibility index (Phi) is 2.94. The average molecular weight is 240 g/mol. The van der Waals surface area contributed by atoms with Gasteiger partial charge < -0.3 is 20.9 Å². The van der Waals surface area contributed by atoms with Gasteiger partial charge in [-0.15, -0.1) is 0 Å². The summed E-state index contributed by atoms with van der Waals surface area (Å²) >= 11 is 0. The van der Waals surface area contributed by atoms with E-state index in [9.17, 15) is 5.11 Å². The summed E-state index contributed by atoms with van der Waals surface area (Å²) in [5.41, 5.74) is 5.36. The van der Waals surface area contributed by atoms with Crippen molar-refractivity contribution in [2.75, 3.05) is 19.8 Å². The average Bonchev–Trinajstić information content (AvgIpc) is 2.70. The second-order valence-corrected chi connectivity index (χ2v) is 6.17. The maximum absolute atomic E-state index is 11.2. The molecule has 98 valence electrons. The minimum atomic E-state index is -0.567. The first-order chi connectivity index (χ1) is 8.17. The Morgan fingerprint density at radius 3 is 2.29 bits per heavy atom. The molecule has 3 fully saturated rings. The van der Waals surface area contributed by atoms with Gasteiger partial charge in [0.2, 0.25) is 0 Å². The topological polar surface area (TPSA) is 67.5 Å². The zero-order valence-electron chi connectivity index (χ0n) is 10.5. The van der Waals surface area contributed by atoms with Crippen LogP contribution in [0.3, 0.4) is 0 Å². The lowest BCUT2D eigenvalue weighted by molar-refractivity contribution is -0.150. The van der Waals surface area contributed by atoms with Crippen molar-refractivity contribution >= 4 is 0 Å². The first kappa shape index (κ1) is 11.9. The van der Waals surface area contributed by atoms with Gasteiger partial charge in [-0.3, -0.25) is 0 Å². The fourth-order valence-electron chi connectivity index (χ4n) is 4.18. The Labute approximate surface area is 103 Å². The second kappa shape index (κ2) is 4.19. The quantitative estimate of drug-likeness (QED) is 0.653. The van der Waals surface area contributed by atoms with Crippen LogP contribution in [-0.2, 0) is 4.74 Å². The number of ether oxygens (including phenoxy) is 1. The lowest BCUT2D eigenvalue weighted by atomic mass is 9.62. The van der Waals surface area contributed by atoms with Crippen molar-refractivity contribution in [3.05, 3.63) is 0 Å². The zero-order valence-corrected chi connectivity index (χ0v) is 10.5. The third kappa shape index (κ3) is 1.82. The number of hydrogen-bond donors (Lipinski definition) is 3. The van der Waals surface area contributed by atoms with E-state index in [1.54, 1.807) is 0 Å². The van der Waals surface area contributed by atoms with Crippen LogP contribution >= 0.6 is 0 Å². The van der Waals surface area contributed by atoms with Gasteiger partial charge in [-0.25, -0.2) is 0 Å². The number of nitrogens with one attached hydrogen (secondary N) is 1. The number of hydrogen-bond acceptors (Lipinski definition) is 4. The molecular weight excluding hydrogens is 216 g/mol. The second-order valence-electron chi connectivity index (χ2n) is 6.17. The molecule has 3 rings (SSSR count). The lowest BCUT2D eigenvalue weighted by Crippen LogP contribution is -2.61. The van der Waals surface area contributed by atoms with Gasteiger partial charge in [0.05, 0.1) is 5.60 Å². The molecule has 3 heterocycles. The van der Waals surface area contributed by atoms with E-state index < -0.39 is 5.60 Å². The van der Waals surface area contributed by atoms with Gasteiger partial charge in [0, 0.05) is 37.3 Å². The van der Waals surface area contributed by atoms with Crippen LogP contribution in [0.1, 0.15) is 38.5 Å². The van der Waals surface area contributed by atoms with Crippen LogP contribution < -0.4 is 11.1 Å². The number of nitrogens with two attached hydrogens (primary N) is 1. The minimum absolute atomic E-state index is 0.103. The van der Waals surface area contributed by atoms with Crippen LogP contribution in [-0.4, -0.2) is 42.5 Å². The highest BCUT2D eigenvalue weighted by atomic mass is 16.5. The fourth-order valence-corrected chi connectivity index (χ4v) is 4.18. The molecule has 0 radical (unpaired) electrons. The molecule has 0 saturated carbocycles. The van der Waals surface area contributed by atoms with E-state index in [-0.39, 0.29) is 5.41 Å². The molecule has 0 spiro atoms. The van der Waals surface area contributed by atoms with E-state index in [1.165, 1.54) is 12.8 Å². The van der Waals surface area contributed by atoms with E-state index in [0.29, 0.717) is 18.6 Å². The molecule has 4 heteroatoms. The molecule has 3 saturated heterocycles. The zero-order chi connectivity index (χ0) is 11.9. The predicted molar refractivity (Wildman–Crippen MR) is 65.7 cm³/mol. The number of rotatable bonds is 2. The van der Waals surface area contributed by atoms with Gasteiger partial charge in [-0.2, -0.15) is 0 Å². The van der Waals surface area contributed by atoms with Crippen LogP contribution in [0.25, 0.3) is 0 Å². The molecule has 0 aromatic carbocycles. The van der Waals surface area contributed by atoms with Gasteiger partial charge in [0.25, 0.3) is 0 Å². The van der Waals surface area contributed by atoms with Crippen molar-refractivity contribution in [3.63, 3.8) is 0 Å². The molecule has 0 amide bonds. The smallest absolute Gasteiger partial charge is 0.0747 e. The largest absolute Gasteiger partial charge is 0.389 e. The molecule has 0 aromatic rings. The normalized spacial score (nSPS) is 44.8. The van der Waals surface area contributed by atoms with Crippen LogP contribution in [0.5, 0.6) is 0 Å². The molecular formula is C13H24N2O2. The molecule has 3 aliphatic rings. The van der Waals surface area contributed by atoms with Crippen LogP contribution in [0.4, 0.5) is 0 Å². The van der Waals surface area contributed by atoms with Gasteiger partial charge >= 0.3 is 0 Å². The fraction of sp³-hybridized carbons (Fsp3) is 1.00. The Bertz CT molecular complexity index is 277. The molecule has 2 unspecified atom stereocenters. The molecule has 2 atom stereocenters. The van der Waals surface area contributed by atoms with Crippen LogP contribution in [0.2, 0.25) is 0 Å². The van der Waals surface area contributed by atoms with E-state index in [0.717, 1.165) is 38.9 Å². The third-order valence-electron chi connectivity index (χ3n) is 5.33. The summed E-state index contributed by atoms with van der Waals surface area (Å²) in [5.74, 6) is 0. The SMILES string of the molecule is NCC1(C2(O)CC3CCC(C2)N3)CCOCC1. The Hall–Kier alpha value is -0.160. The summed E-state index contributed by atoms with van der Waals surface area (Å²) in [5, 5.41) is 14.7. The van der Waals surface area contributed by atoms with Crippen LogP contribution in [0.15, 0.2) is 0 Å². The molecule has 2 bridgehead atoms. The molecule has 17 heavy (non-hydrogen) atoms. The van der Waals surface area contributed by atoms with E-state index >= 15 is 0 Å². The van der Waals surface area contributed by atoms with Gasteiger partial charge in [-0.05, 0) is 38.5 Å². The number of piperidine rings is 1. The highest BCUT2D eigenvalue weighted by Gasteiger charge is 2.55. The Morgan fingerprint density at radius 2 is 1.76 bits per heavy atom. The first-order valence-electron chi connectivity index (χ1n) is 6.94. The summed E-state index contributed by atoms with van der Waals surface area (Å²) in [6.45, 7) is 2.09. The standard InChI is InChI=1S/C13H24N2O2/c14-9-12(3-5-17-6-4-12)13(16)7-10-1-2-11(8-13)15-10/h10-11,15-16H,1-9,14H2. The highest BCUT2D eigenvalue weighted by molar-refractivity contribution is 5.09. The van der Waals surface area contributed by atoms with Crippen molar-refractivity contribution in [2.45, 2.75) is 56.2 Å². The van der Waals surface area contributed by atoms with Gasteiger partial charge in [0.15, 0.2) is 0 Å². The van der Waals surface area contributed by atoms with Crippen molar-refractivity contribution in [1.29, 1.82) is 0 Å². The van der Waals surface area contributed by atoms with E-state index in [2.05, 4.69) is 5.32 Å². The van der Waals surface area contributed by atoms with Crippen molar-refractivity contribution in [2.24, 2.45) is 11.1 Å². The van der Waals surface area contributed by atoms with Gasteiger partial charge in [-0.1, -0.05) is 0 Å². The van der Waals surface area contributed by atoms with Crippen molar-refractivity contribution in [1.82, 2.24) is 5.32 Å². The molecule has 0 aliphatic carbocycles. The number of aliphatic hydroxyl groups is 1. The molecule has 0 aromatic heterocycles. The molecule has 3 aliphatic heterocycles. The first-order valence-corrected chi connectivity index (χ1v) is 6.94. The van der Waals surface area contributed by atoms with Crippen molar-refractivity contribution in [3.8, 4) is 0 Å². The third-order valence-corrected chi connectivity index (χ3v) is 5.33. The molecule has 4 nitrogen and oxygen atoms in total. The summed E-state index contributed by atoms with van der Waals surface area (Å²) in [7, 11) is 0. The summed E-state index contributed by atoms with van der Waals surface area (Å²) in [6, 6.07) is 1.01. The molecule has 4 N–H and O–H groups in total. The summed E-state index contributed by atoms with van der Waals surface area (Å²) in [6.07, 6.45) is 6.01. The van der Waals surface area contributed by atoms with Crippen molar-refractivity contribution < 1.29 is 9.84 Å². The maximum Gasteiger partial charge on any atom is 0.0747 e.